The smallest absolute Gasteiger partial charge is 0.476 e. The summed E-state index contributed by atoms with van der Waals surface area (Å²) in [5, 5.41) is 10.7. The minimum atomic E-state index is -5.08. The number of aliphatic carboxylic acids is 1. The number of amides is 1. The Morgan fingerprint density at radius 2 is 1.84 bits per heavy atom. The van der Waals surface area contributed by atoms with Gasteiger partial charge in [0.15, 0.2) is 0 Å². The second kappa shape index (κ2) is 10.3. The fourth-order valence-electron chi connectivity index (χ4n) is 4.27. The number of carboxylic acid groups (broad SMARTS) is 1. The highest BCUT2D eigenvalue weighted by Crippen LogP contribution is 2.41. The third-order valence-corrected chi connectivity index (χ3v) is 8.37. The van der Waals surface area contributed by atoms with Crippen LogP contribution in [0.2, 0.25) is 0 Å². The van der Waals surface area contributed by atoms with Gasteiger partial charge in [0.25, 0.3) is 5.91 Å². The molecule has 0 bridgehead atoms. The number of carbonyl (C=O) groups excluding carboxylic acids is 1. The molecule has 1 spiro atoms. The van der Waals surface area contributed by atoms with Crippen molar-refractivity contribution in [1.82, 2.24) is 19.3 Å². The number of rotatable bonds is 3. The molecule has 4 heterocycles. The summed E-state index contributed by atoms with van der Waals surface area (Å²) in [7, 11) is -3.70. The van der Waals surface area contributed by atoms with Crippen molar-refractivity contribution in [2.45, 2.75) is 36.8 Å². The van der Waals surface area contributed by atoms with Gasteiger partial charge in [-0.25, -0.2) is 18.2 Å². The average molecular weight is 547 g/mol. The van der Waals surface area contributed by atoms with Crippen LogP contribution in [0.25, 0.3) is 0 Å². The minimum Gasteiger partial charge on any atom is -0.476 e. The SMILES string of the molecule is O=C(O)C(F)(F)F.O=C(c1ccno1)N1CCC2(CC1)COc1ncccc1S(=O)(=O)N(CC1CC1)C2. The quantitative estimate of drug-likeness (QED) is 0.614. The summed E-state index contributed by atoms with van der Waals surface area (Å²) in [6, 6.07) is 4.74. The Balaban J connectivity index is 0.000000405. The van der Waals surface area contributed by atoms with Gasteiger partial charge in [-0.15, -0.1) is 0 Å². The highest BCUT2D eigenvalue weighted by molar-refractivity contribution is 7.89. The van der Waals surface area contributed by atoms with E-state index >= 15 is 0 Å². The minimum absolute atomic E-state index is 0.137. The van der Waals surface area contributed by atoms with E-state index in [2.05, 4.69) is 10.1 Å². The summed E-state index contributed by atoms with van der Waals surface area (Å²) in [5.74, 6) is -2.14. The molecule has 1 amide bonds. The Bertz CT molecular complexity index is 1230. The summed E-state index contributed by atoms with van der Waals surface area (Å²) in [6.45, 7) is 2.31. The monoisotopic (exact) mass is 546 g/mol. The predicted molar refractivity (Wildman–Crippen MR) is 119 cm³/mol. The number of alkyl halides is 3. The normalized spacial score (nSPS) is 21.0. The molecule has 2 aromatic heterocycles. The first-order valence-corrected chi connectivity index (χ1v) is 12.9. The number of piperidine rings is 1. The van der Waals surface area contributed by atoms with E-state index in [4.69, 9.17) is 19.2 Å². The molecular weight excluding hydrogens is 521 g/mol. The molecule has 1 saturated heterocycles. The van der Waals surface area contributed by atoms with Crippen LogP contribution in [0, 0.1) is 11.3 Å². The second-order valence-electron chi connectivity index (χ2n) is 9.31. The van der Waals surface area contributed by atoms with Crippen molar-refractivity contribution in [3.8, 4) is 5.88 Å². The van der Waals surface area contributed by atoms with Crippen LogP contribution in [0.15, 0.2) is 40.0 Å². The van der Waals surface area contributed by atoms with Gasteiger partial charge in [0, 0.05) is 43.9 Å². The van der Waals surface area contributed by atoms with Crippen molar-refractivity contribution in [2.24, 2.45) is 11.3 Å². The van der Waals surface area contributed by atoms with E-state index in [1.165, 1.54) is 6.20 Å². The van der Waals surface area contributed by atoms with Crippen molar-refractivity contribution in [1.29, 1.82) is 0 Å². The van der Waals surface area contributed by atoms with Crippen molar-refractivity contribution in [2.75, 3.05) is 32.8 Å². The second-order valence-corrected chi connectivity index (χ2v) is 11.2. The van der Waals surface area contributed by atoms with Crippen LogP contribution < -0.4 is 4.74 Å². The van der Waals surface area contributed by atoms with Crippen LogP contribution in [0.3, 0.4) is 0 Å². The topological polar surface area (TPSA) is 143 Å². The van der Waals surface area contributed by atoms with Crippen LogP contribution in [-0.2, 0) is 14.8 Å². The van der Waals surface area contributed by atoms with Gasteiger partial charge in [-0.05, 0) is 43.7 Å². The van der Waals surface area contributed by atoms with Crippen LogP contribution in [0.1, 0.15) is 36.2 Å². The van der Waals surface area contributed by atoms with Crippen LogP contribution in [0.5, 0.6) is 5.88 Å². The first-order valence-electron chi connectivity index (χ1n) is 11.5. The molecule has 2 fully saturated rings. The number of ether oxygens (including phenoxy) is 1. The molecule has 37 heavy (non-hydrogen) atoms. The molecule has 1 N–H and O–H groups in total. The first-order chi connectivity index (χ1) is 17.4. The number of carboxylic acids is 1. The summed E-state index contributed by atoms with van der Waals surface area (Å²) in [5.41, 5.74) is -0.366. The molecule has 0 atom stereocenters. The fraction of sp³-hybridized carbons (Fsp3) is 0.545. The Morgan fingerprint density at radius 1 is 1.16 bits per heavy atom. The van der Waals surface area contributed by atoms with Crippen molar-refractivity contribution < 1.29 is 45.5 Å². The fourth-order valence-corrected chi connectivity index (χ4v) is 5.98. The van der Waals surface area contributed by atoms with Crippen molar-refractivity contribution >= 4 is 21.9 Å². The van der Waals surface area contributed by atoms with Gasteiger partial charge in [0.05, 0.1) is 12.8 Å². The van der Waals surface area contributed by atoms with Gasteiger partial charge < -0.3 is 19.3 Å². The Hall–Kier alpha value is -3.20. The molecule has 3 aliphatic rings. The van der Waals surface area contributed by atoms with Gasteiger partial charge in [-0.1, -0.05) is 5.16 Å². The summed E-state index contributed by atoms with van der Waals surface area (Å²) < 4.78 is 71.1. The number of aromatic nitrogens is 2. The van der Waals surface area contributed by atoms with E-state index in [1.54, 1.807) is 33.6 Å². The van der Waals surface area contributed by atoms with Gasteiger partial charge in [0.1, 0.15) is 4.90 Å². The van der Waals surface area contributed by atoms with Crippen LogP contribution >= 0.6 is 0 Å². The molecule has 5 rings (SSSR count). The van der Waals surface area contributed by atoms with Crippen molar-refractivity contribution in [3.63, 3.8) is 0 Å². The molecular formula is C22H25F3N4O7S. The number of likely N-dealkylation sites (tertiary alicyclic amines) is 1. The van der Waals surface area contributed by atoms with E-state index in [0.717, 1.165) is 12.8 Å². The van der Waals surface area contributed by atoms with Gasteiger partial charge in [-0.2, -0.15) is 17.5 Å². The molecule has 0 aromatic carbocycles. The summed E-state index contributed by atoms with van der Waals surface area (Å²) in [4.78, 5) is 27.5. The first kappa shape index (κ1) is 26.9. The lowest BCUT2D eigenvalue weighted by molar-refractivity contribution is -0.192. The lowest BCUT2D eigenvalue weighted by Gasteiger charge is -2.44. The Morgan fingerprint density at radius 3 is 2.41 bits per heavy atom. The molecule has 2 aliphatic heterocycles. The Kier molecular flexibility index (Phi) is 7.46. The van der Waals surface area contributed by atoms with E-state index in [0.29, 0.717) is 51.5 Å². The predicted octanol–water partition coefficient (Wildman–Crippen LogP) is 2.42. The van der Waals surface area contributed by atoms with Gasteiger partial charge >= 0.3 is 12.1 Å². The maximum absolute atomic E-state index is 13.4. The highest BCUT2D eigenvalue weighted by atomic mass is 32.2. The van der Waals surface area contributed by atoms with E-state index in [1.807, 2.05) is 0 Å². The number of halogens is 3. The zero-order chi connectivity index (χ0) is 26.8. The summed E-state index contributed by atoms with van der Waals surface area (Å²) >= 11 is 0. The maximum atomic E-state index is 13.4. The molecule has 1 saturated carbocycles. The number of pyridine rings is 1. The third kappa shape index (κ3) is 6.21. The zero-order valence-electron chi connectivity index (χ0n) is 19.6. The van der Waals surface area contributed by atoms with E-state index < -0.39 is 22.2 Å². The van der Waals surface area contributed by atoms with Gasteiger partial charge in [-0.3, -0.25) is 4.79 Å². The molecule has 202 valence electrons. The lowest BCUT2D eigenvalue weighted by atomic mass is 9.78. The Labute approximate surface area is 210 Å². The molecule has 11 nitrogen and oxygen atoms in total. The van der Waals surface area contributed by atoms with E-state index in [9.17, 15) is 26.4 Å². The number of carbonyl (C=O) groups is 2. The number of hydrogen-bond donors (Lipinski definition) is 1. The number of nitrogens with zero attached hydrogens (tertiary/aromatic N) is 4. The largest absolute Gasteiger partial charge is 0.490 e. The molecule has 2 aromatic rings. The zero-order valence-corrected chi connectivity index (χ0v) is 20.4. The molecule has 0 unspecified atom stereocenters. The summed E-state index contributed by atoms with van der Waals surface area (Å²) in [6.07, 6.45) is 1.33. The highest BCUT2D eigenvalue weighted by Gasteiger charge is 2.45. The molecule has 0 radical (unpaired) electrons. The van der Waals surface area contributed by atoms with Crippen LogP contribution in [-0.4, -0.2) is 83.7 Å². The number of hydrogen-bond acceptors (Lipinski definition) is 8. The van der Waals surface area contributed by atoms with Gasteiger partial charge in [0.2, 0.25) is 21.7 Å². The standard InChI is InChI=1S/C20H24N4O5S.C2HF3O2/c25-19(16-5-9-22-29-16)23-10-6-20(7-11-23)13-24(12-15-3-4-15)30(26,27)17-2-1-8-21-18(17)28-14-20;3-2(4,5)1(6)7/h1-2,5,8-9,15H,3-4,6-7,10-14H2;(H,6,7). The molecule has 15 heteroatoms. The van der Waals surface area contributed by atoms with Crippen molar-refractivity contribution in [3.05, 3.63) is 36.4 Å². The molecule has 1 aliphatic carbocycles. The maximum Gasteiger partial charge on any atom is 0.490 e. The average Bonchev–Trinajstić information content (AvgIpc) is 3.50. The lowest BCUT2D eigenvalue weighted by Crippen LogP contribution is -2.52. The number of sulfonamides is 1. The number of fused-ring (bicyclic) bond motifs is 1. The van der Waals surface area contributed by atoms with E-state index in [-0.39, 0.29) is 27.9 Å². The van der Waals surface area contributed by atoms with Crippen LogP contribution in [0.4, 0.5) is 13.2 Å². The third-order valence-electron chi connectivity index (χ3n) is 6.54.